The van der Waals surface area contributed by atoms with Crippen LogP contribution in [0, 0.1) is 0 Å². The summed E-state index contributed by atoms with van der Waals surface area (Å²) in [6.07, 6.45) is -8.83. The molecule has 0 aromatic heterocycles. The Morgan fingerprint density at radius 2 is 1.59 bits per heavy atom. The van der Waals surface area contributed by atoms with Crippen molar-refractivity contribution in [2.24, 2.45) is 0 Å². The Balaban J connectivity index is 2.48. The lowest BCUT2D eigenvalue weighted by Gasteiger charge is -2.35. The van der Waals surface area contributed by atoms with Gasteiger partial charge in [0.1, 0.15) is 6.23 Å². The van der Waals surface area contributed by atoms with Gasteiger partial charge in [-0.3, -0.25) is 0 Å². The van der Waals surface area contributed by atoms with Gasteiger partial charge in [-0.2, -0.15) is 43.8 Å². The molecule has 15 heteroatoms. The fourth-order valence-electron chi connectivity index (χ4n) is 2.60. The number of rotatable bonds is 8. The van der Waals surface area contributed by atoms with Crippen LogP contribution in [-0.4, -0.2) is 61.7 Å². The van der Waals surface area contributed by atoms with Crippen LogP contribution in [0.15, 0.2) is 36.4 Å². The minimum Gasteiger partial charge on any atom is -0.351 e. The van der Waals surface area contributed by atoms with Crippen LogP contribution in [0.4, 0.5) is 39.5 Å². The third kappa shape index (κ3) is 4.47. The lowest BCUT2D eigenvalue weighted by molar-refractivity contribution is -0.382. The molecule has 0 spiro atoms. The Hall–Kier alpha value is -1.84. The van der Waals surface area contributed by atoms with Crippen LogP contribution in [0.3, 0.4) is 0 Å². The van der Waals surface area contributed by atoms with Gasteiger partial charge in [0.15, 0.2) is 6.29 Å². The molecular weight excluding hydrogens is 485 g/mol. The number of hydrogen-bond donors (Lipinski definition) is 0. The summed E-state index contributed by atoms with van der Waals surface area (Å²) >= 11 is 0. The standard InChI is InChI=1S/C17H16F9NO4S/c1-2-30-13-10-27(12(31-13)9-8-11-6-4-3-5-7-11)32(28,29)17(25,26)15(20,21)14(18,19)16(22,23)24/h3-9,12-13H,2,10H2,1H3/b9-8+/t12-,13-/m1/s1. The Morgan fingerprint density at radius 1 is 1.03 bits per heavy atom. The van der Waals surface area contributed by atoms with Crippen LogP contribution in [0.1, 0.15) is 12.5 Å². The summed E-state index contributed by atoms with van der Waals surface area (Å²) in [6, 6.07) is 7.66. The molecule has 2 atom stereocenters. The Morgan fingerprint density at radius 3 is 2.09 bits per heavy atom. The second-order valence-corrected chi connectivity index (χ2v) is 8.35. The number of ether oxygens (including phenoxy) is 2. The number of sulfonamides is 1. The van der Waals surface area contributed by atoms with E-state index in [1.165, 1.54) is 19.1 Å². The van der Waals surface area contributed by atoms with Crippen molar-refractivity contribution in [3.05, 3.63) is 42.0 Å². The van der Waals surface area contributed by atoms with Gasteiger partial charge in [-0.25, -0.2) is 8.42 Å². The molecule has 1 aliphatic heterocycles. The molecule has 1 saturated heterocycles. The van der Waals surface area contributed by atoms with Crippen LogP contribution < -0.4 is 0 Å². The van der Waals surface area contributed by atoms with Crippen molar-refractivity contribution in [1.29, 1.82) is 0 Å². The summed E-state index contributed by atoms with van der Waals surface area (Å²) in [4.78, 5) is 0. The van der Waals surface area contributed by atoms with E-state index in [-0.39, 0.29) is 6.61 Å². The van der Waals surface area contributed by atoms with E-state index in [1.807, 2.05) is 0 Å². The Bertz CT molecular complexity index is 920. The van der Waals surface area contributed by atoms with E-state index >= 15 is 0 Å². The van der Waals surface area contributed by atoms with E-state index in [2.05, 4.69) is 0 Å². The Kier molecular flexibility index (Phi) is 7.29. The maximum Gasteiger partial charge on any atom is 0.460 e. The van der Waals surface area contributed by atoms with E-state index in [9.17, 15) is 47.9 Å². The molecule has 1 fully saturated rings. The van der Waals surface area contributed by atoms with Crippen molar-refractivity contribution in [2.75, 3.05) is 13.2 Å². The fraction of sp³-hybridized carbons (Fsp3) is 0.529. The highest BCUT2D eigenvalue weighted by Gasteiger charge is 2.86. The first-order chi connectivity index (χ1) is 14.5. The summed E-state index contributed by atoms with van der Waals surface area (Å²) in [7, 11) is -6.83. The highest BCUT2D eigenvalue weighted by molar-refractivity contribution is 7.90. The van der Waals surface area contributed by atoms with Crippen molar-refractivity contribution in [3.63, 3.8) is 0 Å². The topological polar surface area (TPSA) is 55.8 Å². The highest BCUT2D eigenvalue weighted by Crippen LogP contribution is 2.55. The number of nitrogens with zero attached hydrogens (tertiary/aromatic N) is 1. The maximum absolute atomic E-state index is 14.2. The normalized spacial score (nSPS) is 22.1. The molecule has 1 heterocycles. The molecule has 182 valence electrons. The summed E-state index contributed by atoms with van der Waals surface area (Å²) in [6.45, 7) is 0.0809. The SMILES string of the molecule is CCO[C@H]1CN(S(=O)(=O)C(F)(F)C(F)(F)C(F)(F)C(F)(F)F)[C@@H](/C=C/c2ccccc2)O1. The molecule has 1 aromatic rings. The molecule has 1 aliphatic rings. The minimum absolute atomic E-state index is 0.146. The molecule has 0 amide bonds. The van der Waals surface area contributed by atoms with Gasteiger partial charge < -0.3 is 9.47 Å². The third-order valence-electron chi connectivity index (χ3n) is 4.26. The lowest BCUT2D eigenvalue weighted by Crippen LogP contribution is -2.65. The molecule has 32 heavy (non-hydrogen) atoms. The van der Waals surface area contributed by atoms with E-state index in [4.69, 9.17) is 9.47 Å². The molecule has 5 nitrogen and oxygen atoms in total. The van der Waals surface area contributed by atoms with E-state index < -0.39 is 56.7 Å². The largest absolute Gasteiger partial charge is 0.460 e. The van der Waals surface area contributed by atoms with Gasteiger partial charge in [-0.1, -0.05) is 36.4 Å². The monoisotopic (exact) mass is 501 g/mol. The van der Waals surface area contributed by atoms with Gasteiger partial charge in [0, 0.05) is 6.61 Å². The molecular formula is C17H16F9NO4S. The zero-order chi connectivity index (χ0) is 24.6. The summed E-state index contributed by atoms with van der Waals surface area (Å²) in [5, 5.41) is -6.86. The van der Waals surface area contributed by atoms with Gasteiger partial charge in [-0.05, 0) is 18.6 Å². The van der Waals surface area contributed by atoms with Crippen LogP contribution in [0.25, 0.3) is 6.08 Å². The van der Waals surface area contributed by atoms with Gasteiger partial charge in [0.05, 0.1) is 6.54 Å². The first-order valence-corrected chi connectivity index (χ1v) is 10.2. The zero-order valence-electron chi connectivity index (χ0n) is 16.0. The number of hydrogen-bond acceptors (Lipinski definition) is 4. The number of benzene rings is 1. The Labute approximate surface area is 176 Å². The van der Waals surface area contributed by atoms with Crippen molar-refractivity contribution in [1.82, 2.24) is 4.31 Å². The quantitative estimate of drug-likeness (QED) is 0.494. The van der Waals surface area contributed by atoms with Crippen LogP contribution in [-0.2, 0) is 19.5 Å². The summed E-state index contributed by atoms with van der Waals surface area (Å²) < 4.78 is 153. The van der Waals surface area contributed by atoms with Crippen molar-refractivity contribution in [3.8, 4) is 0 Å². The predicted octanol–water partition coefficient (Wildman–Crippen LogP) is 4.48. The molecule has 0 unspecified atom stereocenters. The van der Waals surface area contributed by atoms with Gasteiger partial charge >= 0.3 is 23.3 Å². The minimum atomic E-state index is -7.36. The van der Waals surface area contributed by atoms with Crippen molar-refractivity contribution >= 4 is 16.1 Å². The lowest BCUT2D eigenvalue weighted by atomic mass is 10.1. The smallest absolute Gasteiger partial charge is 0.351 e. The molecule has 2 rings (SSSR count). The van der Waals surface area contributed by atoms with E-state index in [0.29, 0.717) is 5.56 Å². The molecule has 0 aliphatic carbocycles. The van der Waals surface area contributed by atoms with E-state index in [0.717, 1.165) is 12.2 Å². The van der Waals surface area contributed by atoms with Crippen molar-refractivity contribution in [2.45, 2.75) is 42.7 Å². The van der Waals surface area contributed by atoms with E-state index in [1.54, 1.807) is 18.2 Å². The first-order valence-electron chi connectivity index (χ1n) is 8.72. The third-order valence-corrected chi connectivity index (χ3v) is 6.14. The molecule has 0 saturated carbocycles. The average Bonchev–Trinajstić information content (AvgIpc) is 3.09. The molecule has 0 bridgehead atoms. The highest BCUT2D eigenvalue weighted by atomic mass is 32.2. The second kappa shape index (κ2) is 8.83. The van der Waals surface area contributed by atoms with Crippen molar-refractivity contribution < 1.29 is 57.4 Å². The molecule has 0 radical (unpaired) electrons. The van der Waals surface area contributed by atoms with Crippen LogP contribution in [0.5, 0.6) is 0 Å². The summed E-state index contributed by atoms with van der Waals surface area (Å²) in [5.41, 5.74) is 0.383. The average molecular weight is 501 g/mol. The number of halogens is 9. The first kappa shape index (κ1) is 26.4. The zero-order valence-corrected chi connectivity index (χ0v) is 16.8. The molecule has 1 aromatic carbocycles. The fourth-order valence-corrected chi connectivity index (χ4v) is 4.06. The summed E-state index contributed by atoms with van der Waals surface area (Å²) in [5.74, 6) is -14.7. The van der Waals surface area contributed by atoms with Gasteiger partial charge in [0.2, 0.25) is 0 Å². The van der Waals surface area contributed by atoms with Crippen LogP contribution >= 0.6 is 0 Å². The van der Waals surface area contributed by atoms with Gasteiger partial charge in [-0.15, -0.1) is 0 Å². The second-order valence-electron chi connectivity index (χ2n) is 6.42. The number of alkyl halides is 9. The van der Waals surface area contributed by atoms with Gasteiger partial charge in [0.25, 0.3) is 10.0 Å². The predicted molar refractivity (Wildman–Crippen MR) is 92.3 cm³/mol. The molecule has 0 N–H and O–H groups in total. The maximum atomic E-state index is 14.2. The van der Waals surface area contributed by atoms with Crippen LogP contribution in [0.2, 0.25) is 0 Å².